The molecule has 2 rings (SSSR count). The summed E-state index contributed by atoms with van der Waals surface area (Å²) in [6.07, 6.45) is 0. The molecule has 0 aromatic heterocycles. The third-order valence-electron chi connectivity index (χ3n) is 2.14. The average Bonchev–Trinajstić information content (AvgIpc) is 2.41. The Labute approximate surface area is 112 Å². The van der Waals surface area contributed by atoms with Crippen LogP contribution in [0.15, 0.2) is 60.7 Å². The van der Waals surface area contributed by atoms with E-state index in [1.807, 2.05) is 60.7 Å². The van der Waals surface area contributed by atoms with E-state index >= 15 is 0 Å². The van der Waals surface area contributed by atoms with Crippen LogP contribution >= 0.6 is 6.72 Å². The van der Waals surface area contributed by atoms with Gasteiger partial charge in [-0.15, -0.1) is 0 Å². The molecule has 0 N–H and O–H groups in total. The van der Waals surface area contributed by atoms with Crippen molar-refractivity contribution in [2.45, 2.75) is 0 Å². The smallest absolute Gasteiger partial charge is 0.416 e. The molecule has 0 heterocycles. The van der Waals surface area contributed by atoms with Gasteiger partial charge < -0.3 is 9.05 Å². The molecule has 5 heteroatoms. The minimum Gasteiger partial charge on any atom is -0.416 e. The van der Waals surface area contributed by atoms with Gasteiger partial charge in [0, 0.05) is 18.9 Å². The molecule has 0 atom stereocenters. The molecule has 0 radical (unpaired) electrons. The van der Waals surface area contributed by atoms with Crippen molar-refractivity contribution in [1.82, 2.24) is 0 Å². The van der Waals surface area contributed by atoms with Gasteiger partial charge in [-0.2, -0.15) is 0 Å². The fraction of sp³-hybridized carbons (Fsp3) is 0.0769. The molecule has 0 aliphatic carbocycles. The lowest BCUT2D eigenvalue weighted by Crippen LogP contribution is -2.02. The first-order valence-corrected chi connectivity index (χ1v) is 7.92. The average molecular weight is 280 g/mol. The first kappa shape index (κ1) is 13.1. The van der Waals surface area contributed by atoms with Crippen molar-refractivity contribution >= 4 is 18.5 Å². The van der Waals surface area contributed by atoms with Crippen molar-refractivity contribution in [3.8, 4) is 11.5 Å². The molecule has 3 nitrogen and oxygen atoms in total. The van der Waals surface area contributed by atoms with Crippen LogP contribution in [-0.2, 0) is 16.3 Å². The van der Waals surface area contributed by atoms with Crippen LogP contribution in [-0.4, -0.2) is 7.11 Å². The van der Waals surface area contributed by atoms with Crippen LogP contribution in [0.3, 0.4) is 0 Å². The van der Waals surface area contributed by atoms with Crippen molar-refractivity contribution in [2.75, 3.05) is 7.11 Å². The minimum atomic E-state index is -2.81. The highest BCUT2D eigenvalue weighted by Gasteiger charge is 2.22. The van der Waals surface area contributed by atoms with E-state index in [1.54, 1.807) is 0 Å². The highest BCUT2D eigenvalue weighted by molar-refractivity contribution is 8.07. The van der Waals surface area contributed by atoms with Crippen molar-refractivity contribution in [3.63, 3.8) is 0 Å². The van der Waals surface area contributed by atoms with Crippen LogP contribution in [0.2, 0.25) is 0 Å². The minimum absolute atomic E-state index is 0.638. The van der Waals surface area contributed by atoms with Gasteiger partial charge in [0.2, 0.25) is 0 Å². The lowest BCUT2D eigenvalue weighted by atomic mass is 10.3. The predicted molar refractivity (Wildman–Crippen MR) is 75.4 cm³/mol. The van der Waals surface area contributed by atoms with E-state index in [1.165, 1.54) is 7.11 Å². The molecule has 0 spiro atoms. The van der Waals surface area contributed by atoms with Gasteiger partial charge in [0.15, 0.2) is 0 Å². The Balaban J connectivity index is 2.14. The molecule has 2 aromatic carbocycles. The Kier molecular flexibility index (Phi) is 4.37. The normalized spacial score (nSPS) is 10.9. The second kappa shape index (κ2) is 6.01. The third kappa shape index (κ3) is 3.57. The number of para-hydroxylation sites is 2. The van der Waals surface area contributed by atoms with E-state index in [0.29, 0.717) is 11.5 Å². The van der Waals surface area contributed by atoms with E-state index in [2.05, 4.69) is 0 Å². The summed E-state index contributed by atoms with van der Waals surface area (Å²) in [6, 6.07) is 18.5. The monoisotopic (exact) mass is 280 g/mol. The van der Waals surface area contributed by atoms with E-state index in [4.69, 9.17) is 25.4 Å². The van der Waals surface area contributed by atoms with Crippen LogP contribution in [0.25, 0.3) is 0 Å². The maximum Gasteiger partial charge on any atom is 0.434 e. The molecular weight excluding hydrogens is 267 g/mol. The topological polar surface area (TPSA) is 27.7 Å². The molecule has 18 heavy (non-hydrogen) atoms. The standard InChI is InChI=1S/C13H13O3PS/c1-14-17(18,15-12-8-4-2-5-9-12)16-13-10-6-3-7-11-13/h2-11H,1H3. The predicted octanol–water partition coefficient (Wildman–Crippen LogP) is 4.02. The maximum absolute atomic E-state index is 5.64. The zero-order valence-electron chi connectivity index (χ0n) is 9.85. The summed E-state index contributed by atoms with van der Waals surface area (Å²) in [5.41, 5.74) is 0. The summed E-state index contributed by atoms with van der Waals surface area (Å²) in [5, 5.41) is 0. The second-order valence-corrected chi connectivity index (χ2v) is 6.40. The molecule has 0 bridgehead atoms. The Hall–Kier alpha value is -1.35. The fourth-order valence-corrected chi connectivity index (χ4v) is 2.78. The molecule has 0 saturated carbocycles. The number of hydrogen-bond acceptors (Lipinski definition) is 4. The summed E-state index contributed by atoms with van der Waals surface area (Å²) >= 11 is 5.31. The fourth-order valence-electron chi connectivity index (χ4n) is 1.31. The highest BCUT2D eigenvalue weighted by Crippen LogP contribution is 2.48. The van der Waals surface area contributed by atoms with Crippen LogP contribution in [0.5, 0.6) is 11.5 Å². The molecule has 0 unspecified atom stereocenters. The first-order chi connectivity index (χ1) is 8.72. The molecule has 0 amide bonds. The number of benzene rings is 2. The van der Waals surface area contributed by atoms with Gasteiger partial charge >= 0.3 is 6.72 Å². The number of rotatable bonds is 5. The summed E-state index contributed by atoms with van der Waals surface area (Å²) in [5.74, 6) is 1.28. The van der Waals surface area contributed by atoms with E-state index in [0.717, 1.165) is 0 Å². The zero-order valence-corrected chi connectivity index (χ0v) is 11.6. The summed E-state index contributed by atoms with van der Waals surface area (Å²) in [7, 11) is 1.49. The second-order valence-electron chi connectivity index (χ2n) is 3.44. The van der Waals surface area contributed by atoms with E-state index in [-0.39, 0.29) is 0 Å². The largest absolute Gasteiger partial charge is 0.434 e. The van der Waals surface area contributed by atoms with Crippen LogP contribution in [0, 0.1) is 0 Å². The van der Waals surface area contributed by atoms with E-state index in [9.17, 15) is 0 Å². The number of hydrogen-bond donors (Lipinski definition) is 0. The van der Waals surface area contributed by atoms with Gasteiger partial charge in [0.1, 0.15) is 11.5 Å². The molecule has 0 fully saturated rings. The summed E-state index contributed by atoms with van der Waals surface area (Å²) in [4.78, 5) is 0. The van der Waals surface area contributed by atoms with Gasteiger partial charge in [-0.3, -0.25) is 4.52 Å². The molecular formula is C13H13O3PS. The maximum atomic E-state index is 5.64. The van der Waals surface area contributed by atoms with Crippen LogP contribution in [0.1, 0.15) is 0 Å². The Morgan fingerprint density at radius 1 is 0.778 bits per heavy atom. The Morgan fingerprint density at radius 3 is 1.50 bits per heavy atom. The van der Waals surface area contributed by atoms with Gasteiger partial charge in [0.05, 0.1) is 0 Å². The van der Waals surface area contributed by atoms with Crippen LogP contribution in [0.4, 0.5) is 0 Å². The third-order valence-corrected chi connectivity index (χ3v) is 4.35. The first-order valence-electron chi connectivity index (χ1n) is 5.37. The molecule has 0 saturated heterocycles. The molecule has 0 aliphatic heterocycles. The zero-order chi connectivity index (χ0) is 12.8. The van der Waals surface area contributed by atoms with Gasteiger partial charge in [0.25, 0.3) is 0 Å². The molecule has 2 aromatic rings. The molecule has 94 valence electrons. The lowest BCUT2D eigenvalue weighted by Gasteiger charge is -2.20. The Morgan fingerprint density at radius 2 is 1.17 bits per heavy atom. The van der Waals surface area contributed by atoms with Gasteiger partial charge in [-0.05, 0) is 24.3 Å². The molecule has 0 aliphatic rings. The van der Waals surface area contributed by atoms with Gasteiger partial charge in [-0.1, -0.05) is 36.4 Å². The van der Waals surface area contributed by atoms with Crippen molar-refractivity contribution < 1.29 is 13.6 Å². The van der Waals surface area contributed by atoms with Crippen LogP contribution < -0.4 is 9.05 Å². The van der Waals surface area contributed by atoms with Crippen molar-refractivity contribution in [3.05, 3.63) is 60.7 Å². The summed E-state index contributed by atoms with van der Waals surface area (Å²) < 4.78 is 16.5. The van der Waals surface area contributed by atoms with E-state index < -0.39 is 6.72 Å². The van der Waals surface area contributed by atoms with Crippen molar-refractivity contribution in [1.29, 1.82) is 0 Å². The highest BCUT2D eigenvalue weighted by atomic mass is 32.5. The Bertz CT molecular complexity index is 485. The SMILES string of the molecule is COP(=S)(Oc1ccccc1)Oc1ccccc1. The lowest BCUT2D eigenvalue weighted by molar-refractivity contribution is 0.319. The van der Waals surface area contributed by atoms with Crippen molar-refractivity contribution in [2.24, 2.45) is 0 Å². The van der Waals surface area contributed by atoms with Gasteiger partial charge in [-0.25, -0.2) is 0 Å². The quantitative estimate of drug-likeness (QED) is 0.773. The summed E-state index contributed by atoms with van der Waals surface area (Å²) in [6.45, 7) is -2.81.